The van der Waals surface area contributed by atoms with Crippen molar-refractivity contribution >= 4 is 17.5 Å². The van der Waals surface area contributed by atoms with Crippen LogP contribution in [0.1, 0.15) is 50.8 Å². The topological polar surface area (TPSA) is 49.4 Å². The maximum Gasteiger partial charge on any atom is 0.228 e. The number of anilines is 1. The molecule has 1 saturated carbocycles. The average molecular weight is 393 g/mol. The highest BCUT2D eigenvalue weighted by molar-refractivity contribution is 6.00. The molecule has 1 aliphatic rings. The summed E-state index contributed by atoms with van der Waals surface area (Å²) in [6.07, 6.45) is 2.38. The normalized spacial score (nSPS) is 17.8. The second kappa shape index (κ2) is 9.25. The lowest BCUT2D eigenvalue weighted by Crippen LogP contribution is -2.38. The summed E-state index contributed by atoms with van der Waals surface area (Å²) in [5.41, 5.74) is 4.34. The van der Waals surface area contributed by atoms with E-state index >= 15 is 0 Å². The van der Waals surface area contributed by atoms with Gasteiger partial charge in [0.1, 0.15) is 0 Å². The first-order valence-corrected chi connectivity index (χ1v) is 10.7. The maximum absolute atomic E-state index is 13.1. The van der Waals surface area contributed by atoms with Gasteiger partial charge in [-0.25, -0.2) is 0 Å². The number of hydrogen-bond donors (Lipinski definition) is 1. The number of nitrogens with zero attached hydrogens (tertiary/aromatic N) is 1. The van der Waals surface area contributed by atoms with Gasteiger partial charge in [0, 0.05) is 18.3 Å². The minimum atomic E-state index is -0.228. The molecule has 3 rings (SSSR count). The van der Waals surface area contributed by atoms with Crippen LogP contribution in [-0.4, -0.2) is 22.8 Å². The lowest BCUT2D eigenvalue weighted by molar-refractivity contribution is -0.136. The van der Waals surface area contributed by atoms with Crippen molar-refractivity contribution in [2.24, 2.45) is 11.8 Å². The Labute approximate surface area is 174 Å². The van der Waals surface area contributed by atoms with Crippen molar-refractivity contribution in [2.75, 3.05) is 5.32 Å². The molecule has 0 bridgehead atoms. The third-order valence-corrected chi connectivity index (χ3v) is 5.79. The number of carbonyl (C=O) groups excluding carboxylic acids is 2. The Balaban J connectivity index is 1.68. The monoisotopic (exact) mass is 392 g/mol. The highest BCUT2D eigenvalue weighted by Crippen LogP contribution is 2.42. The van der Waals surface area contributed by atoms with E-state index < -0.39 is 0 Å². The van der Waals surface area contributed by atoms with Gasteiger partial charge < -0.3 is 10.2 Å². The van der Waals surface area contributed by atoms with E-state index in [0.717, 1.165) is 35.2 Å². The number of amides is 2. The van der Waals surface area contributed by atoms with Gasteiger partial charge in [-0.3, -0.25) is 9.59 Å². The van der Waals surface area contributed by atoms with Gasteiger partial charge in [0.05, 0.1) is 11.8 Å². The first kappa shape index (κ1) is 21.1. The summed E-state index contributed by atoms with van der Waals surface area (Å²) in [5, 5.41) is 3.14. The fraction of sp³-hybridized carbons (Fsp3) is 0.440. The molecule has 0 aliphatic heterocycles. The van der Waals surface area contributed by atoms with Crippen LogP contribution in [0.2, 0.25) is 0 Å². The molecule has 2 unspecified atom stereocenters. The summed E-state index contributed by atoms with van der Waals surface area (Å²) >= 11 is 0. The van der Waals surface area contributed by atoms with Crippen LogP contribution in [0.25, 0.3) is 0 Å². The van der Waals surface area contributed by atoms with Gasteiger partial charge in [-0.15, -0.1) is 0 Å². The van der Waals surface area contributed by atoms with E-state index in [2.05, 4.69) is 31.3 Å². The highest BCUT2D eigenvalue weighted by atomic mass is 16.2. The van der Waals surface area contributed by atoms with E-state index in [1.54, 1.807) is 0 Å². The molecule has 1 N–H and O–H groups in total. The summed E-state index contributed by atoms with van der Waals surface area (Å²) < 4.78 is 0. The third kappa shape index (κ3) is 4.87. The fourth-order valence-electron chi connectivity index (χ4n) is 3.88. The van der Waals surface area contributed by atoms with Crippen LogP contribution < -0.4 is 5.32 Å². The van der Waals surface area contributed by atoms with Crippen molar-refractivity contribution < 1.29 is 9.59 Å². The van der Waals surface area contributed by atoms with Crippen LogP contribution in [0.4, 0.5) is 5.69 Å². The lowest BCUT2D eigenvalue weighted by atomic mass is 10.0. The van der Waals surface area contributed by atoms with Gasteiger partial charge >= 0.3 is 0 Å². The largest absolute Gasteiger partial charge is 0.336 e. The summed E-state index contributed by atoms with van der Waals surface area (Å²) in [4.78, 5) is 27.9. The Morgan fingerprint density at radius 1 is 0.966 bits per heavy atom. The Bertz CT molecular complexity index is 838. The van der Waals surface area contributed by atoms with E-state index in [4.69, 9.17) is 0 Å². The smallest absolute Gasteiger partial charge is 0.228 e. The Morgan fingerprint density at radius 3 is 2.14 bits per heavy atom. The minimum Gasteiger partial charge on any atom is -0.336 e. The van der Waals surface area contributed by atoms with Crippen molar-refractivity contribution in [3.8, 4) is 0 Å². The van der Waals surface area contributed by atoms with Crippen molar-refractivity contribution in [1.82, 2.24) is 4.90 Å². The van der Waals surface area contributed by atoms with Crippen molar-refractivity contribution in [3.05, 3.63) is 65.2 Å². The van der Waals surface area contributed by atoms with E-state index in [-0.39, 0.29) is 29.7 Å². The molecular formula is C25H32N2O2. The summed E-state index contributed by atoms with van der Waals surface area (Å²) in [6.45, 7) is 8.84. The molecule has 0 radical (unpaired) electrons. The second-order valence-electron chi connectivity index (χ2n) is 8.14. The molecule has 0 saturated heterocycles. The molecule has 2 aromatic rings. The molecule has 2 aromatic carbocycles. The SMILES string of the molecule is CCc1cccc(CC)c1NC(=O)C1CC1C(=O)N(Cc1ccccc1)C(C)C. The van der Waals surface area contributed by atoms with Crippen LogP contribution >= 0.6 is 0 Å². The van der Waals surface area contributed by atoms with E-state index in [9.17, 15) is 9.59 Å². The van der Waals surface area contributed by atoms with Gasteiger partial charge in [-0.2, -0.15) is 0 Å². The predicted molar refractivity (Wildman–Crippen MR) is 118 cm³/mol. The quantitative estimate of drug-likeness (QED) is 0.700. The molecule has 0 aromatic heterocycles. The molecule has 4 heteroatoms. The van der Waals surface area contributed by atoms with Gasteiger partial charge in [0.15, 0.2) is 0 Å². The van der Waals surface area contributed by atoms with Crippen molar-refractivity contribution in [1.29, 1.82) is 0 Å². The van der Waals surface area contributed by atoms with Gasteiger partial charge in [-0.1, -0.05) is 62.4 Å². The molecule has 29 heavy (non-hydrogen) atoms. The van der Waals surface area contributed by atoms with Crippen molar-refractivity contribution in [2.45, 2.75) is 59.5 Å². The molecule has 4 nitrogen and oxygen atoms in total. The summed E-state index contributed by atoms with van der Waals surface area (Å²) in [5.74, 6) is -0.375. The molecule has 2 atom stereocenters. The standard InChI is InChI=1S/C25H32N2O2/c1-5-19-13-10-14-20(6-2)23(19)26-24(28)21-15-22(21)25(29)27(17(3)4)16-18-11-8-7-9-12-18/h7-14,17,21-22H,5-6,15-16H2,1-4H3,(H,26,28). The van der Waals surface area contributed by atoms with E-state index in [1.165, 1.54) is 0 Å². The van der Waals surface area contributed by atoms with Crippen LogP contribution in [-0.2, 0) is 29.0 Å². The number of carbonyl (C=O) groups is 2. The Morgan fingerprint density at radius 2 is 1.59 bits per heavy atom. The van der Waals surface area contributed by atoms with Crippen LogP contribution in [0, 0.1) is 11.8 Å². The Hall–Kier alpha value is -2.62. The van der Waals surface area contributed by atoms with Gasteiger partial charge in [0.2, 0.25) is 11.8 Å². The number of benzene rings is 2. The first-order valence-electron chi connectivity index (χ1n) is 10.7. The zero-order chi connectivity index (χ0) is 21.0. The molecule has 2 amide bonds. The van der Waals surface area contributed by atoms with Gasteiger partial charge in [-0.05, 0) is 49.8 Å². The molecule has 1 aliphatic carbocycles. The zero-order valence-electron chi connectivity index (χ0n) is 17.9. The van der Waals surface area contributed by atoms with E-state index in [0.29, 0.717) is 13.0 Å². The van der Waals surface area contributed by atoms with Crippen LogP contribution in [0.3, 0.4) is 0 Å². The molecule has 154 valence electrons. The number of nitrogens with one attached hydrogen (secondary N) is 1. The lowest BCUT2D eigenvalue weighted by Gasteiger charge is -2.27. The fourth-order valence-corrected chi connectivity index (χ4v) is 3.88. The summed E-state index contributed by atoms with van der Waals surface area (Å²) in [6, 6.07) is 16.3. The third-order valence-electron chi connectivity index (χ3n) is 5.79. The molecular weight excluding hydrogens is 360 g/mol. The number of aryl methyl sites for hydroxylation is 2. The average Bonchev–Trinajstić information content (AvgIpc) is 3.53. The minimum absolute atomic E-state index is 0.0256. The summed E-state index contributed by atoms with van der Waals surface area (Å²) in [7, 11) is 0. The predicted octanol–water partition coefficient (Wildman–Crippen LogP) is 4.82. The molecule has 0 spiro atoms. The molecule has 1 fully saturated rings. The van der Waals surface area contributed by atoms with Gasteiger partial charge in [0.25, 0.3) is 0 Å². The second-order valence-corrected chi connectivity index (χ2v) is 8.14. The van der Waals surface area contributed by atoms with Crippen LogP contribution in [0.5, 0.6) is 0 Å². The number of rotatable bonds is 8. The van der Waals surface area contributed by atoms with Crippen LogP contribution in [0.15, 0.2) is 48.5 Å². The van der Waals surface area contributed by atoms with Crippen molar-refractivity contribution in [3.63, 3.8) is 0 Å². The number of para-hydroxylation sites is 1. The molecule has 0 heterocycles. The number of hydrogen-bond acceptors (Lipinski definition) is 2. The van der Waals surface area contributed by atoms with E-state index in [1.807, 2.05) is 55.1 Å². The highest BCUT2D eigenvalue weighted by Gasteiger charge is 2.50. The Kier molecular flexibility index (Phi) is 6.73. The maximum atomic E-state index is 13.1. The zero-order valence-corrected chi connectivity index (χ0v) is 17.9. The first-order chi connectivity index (χ1) is 14.0.